The maximum Gasteiger partial charge on any atom is 0.160 e. The topological polar surface area (TPSA) is 32.8 Å². The predicted octanol–water partition coefficient (Wildman–Crippen LogP) is 23.8. The zero-order valence-corrected chi connectivity index (χ0v) is 46.6. The van der Waals surface area contributed by atoms with E-state index < -0.39 is 0 Å². The Bertz CT molecular complexity index is 5730. The molecule has 2 heterocycles. The van der Waals surface area contributed by atoms with Crippen molar-refractivity contribution < 1.29 is 8.83 Å². The summed E-state index contributed by atoms with van der Waals surface area (Å²) in [7, 11) is 0. The normalized spacial score (nSPS) is 12.0. The number of para-hydroxylation sites is 1. The van der Waals surface area contributed by atoms with Crippen molar-refractivity contribution >= 4 is 153 Å². The van der Waals surface area contributed by atoms with Gasteiger partial charge in [-0.15, -0.1) is 0 Å². The van der Waals surface area contributed by atoms with Gasteiger partial charge in [0.25, 0.3) is 0 Å². The predicted molar refractivity (Wildman–Crippen MR) is 364 cm³/mol. The lowest BCUT2D eigenvalue weighted by Gasteiger charge is -2.31. The van der Waals surface area contributed by atoms with Crippen molar-refractivity contribution in [3.8, 4) is 22.3 Å². The van der Waals surface area contributed by atoms with Crippen molar-refractivity contribution in [1.82, 2.24) is 0 Å². The van der Waals surface area contributed by atoms with Crippen LogP contribution < -0.4 is 9.80 Å². The fourth-order valence-corrected chi connectivity index (χ4v) is 14.2. The van der Waals surface area contributed by atoms with Gasteiger partial charge in [0, 0.05) is 60.5 Å². The molecule has 16 aromatic carbocycles. The molecule has 0 unspecified atom stereocenters. The number of fused-ring (bicyclic) bond motifs is 17. The average Bonchev–Trinajstić information content (AvgIpc) is 1.35. The molecule has 0 saturated heterocycles. The van der Waals surface area contributed by atoms with Crippen molar-refractivity contribution in [3.05, 3.63) is 303 Å². The van der Waals surface area contributed by atoms with Crippen molar-refractivity contribution in [1.29, 1.82) is 0 Å². The fourth-order valence-electron chi connectivity index (χ4n) is 14.2. The summed E-state index contributed by atoms with van der Waals surface area (Å²) >= 11 is 0. The molecule has 18 rings (SSSR count). The molecule has 0 atom stereocenters. The summed E-state index contributed by atoms with van der Waals surface area (Å²) in [4.78, 5) is 4.91. The molecule has 0 radical (unpaired) electrons. The zero-order chi connectivity index (χ0) is 56.4. The van der Waals surface area contributed by atoms with Crippen molar-refractivity contribution in [2.75, 3.05) is 9.80 Å². The molecule has 86 heavy (non-hydrogen) atoms. The second-order valence-corrected chi connectivity index (χ2v) is 22.6. The van der Waals surface area contributed by atoms with Crippen LogP contribution in [0, 0.1) is 0 Å². The number of nitrogens with zero attached hydrogens (tertiary/aromatic N) is 2. The summed E-state index contributed by atoms with van der Waals surface area (Å²) in [5, 5.41) is 20.6. The Balaban J connectivity index is 0.892. The Kier molecular flexibility index (Phi) is 10.7. The number of hydrogen-bond donors (Lipinski definition) is 0. The van der Waals surface area contributed by atoms with Gasteiger partial charge in [-0.1, -0.05) is 249 Å². The number of hydrogen-bond acceptors (Lipinski definition) is 4. The Morgan fingerprint density at radius 3 is 1.33 bits per heavy atom. The van der Waals surface area contributed by atoms with Crippen LogP contribution in [0.4, 0.5) is 34.1 Å². The first-order chi connectivity index (χ1) is 42.7. The highest BCUT2D eigenvalue weighted by Crippen LogP contribution is 2.54. The maximum absolute atomic E-state index is 7.24. The van der Waals surface area contributed by atoms with E-state index in [1.165, 1.54) is 32.7 Å². The van der Waals surface area contributed by atoms with Crippen LogP contribution in [0.25, 0.3) is 142 Å². The summed E-state index contributed by atoms with van der Waals surface area (Å²) in [6, 6.07) is 110. The van der Waals surface area contributed by atoms with Crippen molar-refractivity contribution in [3.63, 3.8) is 0 Å². The van der Waals surface area contributed by atoms with Crippen LogP contribution in [0.15, 0.2) is 312 Å². The Morgan fingerprint density at radius 1 is 0.233 bits per heavy atom. The first kappa shape index (κ1) is 48.1. The van der Waals surface area contributed by atoms with E-state index >= 15 is 0 Å². The quantitative estimate of drug-likeness (QED) is 0.142. The lowest BCUT2D eigenvalue weighted by molar-refractivity contribution is 0.669. The Hall–Kier alpha value is -11.5. The van der Waals surface area contributed by atoms with Gasteiger partial charge in [-0.25, -0.2) is 0 Å². The van der Waals surface area contributed by atoms with E-state index in [-0.39, 0.29) is 0 Å². The van der Waals surface area contributed by atoms with Gasteiger partial charge in [0.2, 0.25) is 0 Å². The molecular formula is C82H50N2O2. The third kappa shape index (κ3) is 7.23. The van der Waals surface area contributed by atoms with Gasteiger partial charge in [-0.2, -0.15) is 0 Å². The number of furan rings is 2. The molecule has 2 aromatic heterocycles. The number of benzene rings is 16. The molecule has 0 aliphatic rings. The molecule has 4 nitrogen and oxygen atoms in total. The minimum atomic E-state index is 0.839. The third-order valence-corrected chi connectivity index (χ3v) is 17.9. The highest BCUT2D eigenvalue weighted by atomic mass is 16.3. The lowest BCUT2D eigenvalue weighted by atomic mass is 9.87. The van der Waals surface area contributed by atoms with Crippen LogP contribution in [0.5, 0.6) is 0 Å². The highest BCUT2D eigenvalue weighted by Gasteiger charge is 2.29. The van der Waals surface area contributed by atoms with Gasteiger partial charge in [0.15, 0.2) is 5.58 Å². The largest absolute Gasteiger partial charge is 0.456 e. The summed E-state index contributed by atoms with van der Waals surface area (Å²) in [6.45, 7) is 0. The van der Waals surface area contributed by atoms with Gasteiger partial charge in [0.05, 0.1) is 22.7 Å². The first-order valence-corrected chi connectivity index (χ1v) is 29.5. The number of anilines is 6. The van der Waals surface area contributed by atoms with Gasteiger partial charge in [-0.3, -0.25) is 0 Å². The van der Waals surface area contributed by atoms with Gasteiger partial charge in [-0.05, 0) is 125 Å². The smallest absolute Gasteiger partial charge is 0.160 e. The van der Waals surface area contributed by atoms with E-state index in [1.807, 2.05) is 0 Å². The number of rotatable bonds is 8. The minimum Gasteiger partial charge on any atom is -0.456 e. The van der Waals surface area contributed by atoms with Gasteiger partial charge in [0.1, 0.15) is 16.7 Å². The SMILES string of the molecule is c1ccc(-c2ccc(N(c3ccc(-c4c5ccccc5c(N(c5ccccc5)c5cc6oc7ccc8ccccc8c7c6c6ccccc56)c5ccccc45)c4ccccc34)c3cc4ccccc4c4c3oc3ccc5ccccc5c34)cc2)cc1. The van der Waals surface area contributed by atoms with Crippen LogP contribution in [-0.2, 0) is 0 Å². The van der Waals surface area contributed by atoms with Crippen molar-refractivity contribution in [2.45, 2.75) is 0 Å². The molecule has 4 heteroatoms. The van der Waals surface area contributed by atoms with Gasteiger partial charge >= 0.3 is 0 Å². The van der Waals surface area contributed by atoms with Crippen molar-refractivity contribution in [2.24, 2.45) is 0 Å². The molecule has 0 bridgehead atoms. The summed E-state index contributed by atoms with van der Waals surface area (Å²) < 4.78 is 14.2. The molecule has 0 spiro atoms. The lowest BCUT2D eigenvalue weighted by Crippen LogP contribution is -2.12. The van der Waals surface area contributed by atoms with Crippen LogP contribution in [-0.4, -0.2) is 0 Å². The van der Waals surface area contributed by atoms with E-state index in [0.717, 1.165) is 143 Å². The minimum absolute atomic E-state index is 0.839. The van der Waals surface area contributed by atoms with E-state index in [4.69, 9.17) is 8.83 Å². The molecule has 0 aliphatic carbocycles. The summed E-state index contributed by atoms with van der Waals surface area (Å²) in [5.74, 6) is 0. The Labute approximate surface area is 494 Å². The third-order valence-electron chi connectivity index (χ3n) is 17.9. The molecular weight excluding hydrogens is 1040 g/mol. The van der Waals surface area contributed by atoms with E-state index in [0.29, 0.717) is 0 Å². The molecule has 0 saturated carbocycles. The first-order valence-electron chi connectivity index (χ1n) is 29.5. The van der Waals surface area contributed by atoms with E-state index in [9.17, 15) is 0 Å². The van der Waals surface area contributed by atoms with Crippen LogP contribution in [0.2, 0.25) is 0 Å². The summed E-state index contributed by atoms with van der Waals surface area (Å²) in [6.07, 6.45) is 0. The zero-order valence-electron chi connectivity index (χ0n) is 46.6. The van der Waals surface area contributed by atoms with E-state index in [2.05, 4.69) is 313 Å². The van der Waals surface area contributed by atoms with Crippen LogP contribution in [0.3, 0.4) is 0 Å². The van der Waals surface area contributed by atoms with Gasteiger partial charge < -0.3 is 18.6 Å². The monoisotopic (exact) mass is 1090 g/mol. The highest BCUT2D eigenvalue weighted by molar-refractivity contribution is 6.32. The molecule has 400 valence electrons. The van der Waals surface area contributed by atoms with Crippen LogP contribution in [0.1, 0.15) is 0 Å². The molecule has 0 fully saturated rings. The second-order valence-electron chi connectivity index (χ2n) is 22.6. The fraction of sp³-hybridized carbons (Fsp3) is 0. The molecule has 0 aliphatic heterocycles. The second kappa shape index (κ2) is 19.0. The molecule has 18 aromatic rings. The summed E-state index contributed by atoms with van der Waals surface area (Å²) in [5.41, 5.74) is 14.3. The van der Waals surface area contributed by atoms with Crippen LogP contribution >= 0.6 is 0 Å². The Morgan fingerprint density at radius 2 is 0.686 bits per heavy atom. The average molecular weight is 1100 g/mol. The molecule has 0 N–H and O–H groups in total. The molecule has 0 amide bonds. The standard InChI is InChI=1S/C82H50N2O2/c1-3-21-51(22-4-1)52-39-43-57(44-40-52)83(72-49-55-25-9-12-30-60(55)80-78-59-29-11-8-24-54(59)42-48-74(78)86-82(72)80)70-46-45-67(61-31-13-14-32-62(61)70)76-65-35-17-19-37-68(65)81(69-38-20-18-36-66(69)76)84(56-26-5-2-6-27-56)71-50-75-79(64-34-16-15-33-63(64)71)77-58-28-10-7-23-53(58)41-47-73(77)85-75/h1-50H. The van der Waals surface area contributed by atoms with E-state index in [1.54, 1.807) is 0 Å². The maximum atomic E-state index is 7.24.